The van der Waals surface area contributed by atoms with Gasteiger partial charge in [-0.1, -0.05) is 12.2 Å². The van der Waals surface area contributed by atoms with Crippen molar-refractivity contribution in [2.24, 2.45) is 23.2 Å². The summed E-state index contributed by atoms with van der Waals surface area (Å²) < 4.78 is 21.4. The highest BCUT2D eigenvalue weighted by Crippen LogP contribution is 2.60. The number of fused-ring (bicyclic) bond motifs is 2. The number of allylic oxidation sites excluding steroid dienone is 2. The highest BCUT2D eigenvalue weighted by Gasteiger charge is 2.66. The van der Waals surface area contributed by atoms with E-state index in [-0.39, 0.29) is 64.7 Å². The molecule has 4 N–H and O–H groups in total. The molecular weight excluding hydrogens is 360 g/mol. The first-order valence-electron chi connectivity index (χ1n) is 9.19. The molecule has 0 amide bonds. The summed E-state index contributed by atoms with van der Waals surface area (Å²) in [4.78, 5) is 12.0. The van der Waals surface area contributed by atoms with Gasteiger partial charge in [-0.15, -0.1) is 0 Å². The quantitative estimate of drug-likeness (QED) is 0.177. The van der Waals surface area contributed by atoms with E-state index >= 15 is 0 Å². The summed E-state index contributed by atoms with van der Waals surface area (Å²) in [5, 5.41) is 38.5. The van der Waals surface area contributed by atoms with E-state index in [1.165, 1.54) is 0 Å². The minimum atomic E-state index is -2.12. The van der Waals surface area contributed by atoms with Crippen molar-refractivity contribution in [3.8, 4) is 0 Å². The van der Waals surface area contributed by atoms with Crippen LogP contribution in [0, 0.1) is 23.2 Å². The molecule has 0 aromatic carbocycles. The maximum atomic E-state index is 12.0. The third-order valence-electron chi connectivity index (χ3n) is 5.36. The number of ether oxygens (including phenoxy) is 4. The van der Waals surface area contributed by atoms with Gasteiger partial charge in [-0.2, -0.15) is 0 Å². The minimum absolute atomic E-state index is 0.0265. The van der Waals surface area contributed by atoms with Gasteiger partial charge >= 0.3 is 5.97 Å². The van der Waals surface area contributed by atoms with Gasteiger partial charge < -0.3 is 39.4 Å². The number of aliphatic hydroxyl groups is 3. The zero-order chi connectivity index (χ0) is 19.9. The lowest BCUT2D eigenvalue weighted by molar-refractivity contribution is -0.402. The van der Waals surface area contributed by atoms with E-state index in [4.69, 9.17) is 29.2 Å². The average molecular weight is 390 g/mol. The highest BCUT2D eigenvalue weighted by atomic mass is 16.8. The van der Waals surface area contributed by atoms with E-state index < -0.39 is 23.3 Å². The van der Waals surface area contributed by atoms with Crippen LogP contribution >= 0.6 is 0 Å². The molecule has 2 aliphatic rings. The fraction of sp³-hybridized carbons (Fsp3) is 0.833. The van der Waals surface area contributed by atoms with E-state index in [9.17, 15) is 15.0 Å². The lowest BCUT2D eigenvalue weighted by atomic mass is 9.68. The second-order valence-electron chi connectivity index (χ2n) is 6.96. The molecule has 4 atom stereocenters. The molecule has 9 heteroatoms. The number of carboxylic acid groups (broad SMARTS) is 1. The summed E-state index contributed by atoms with van der Waals surface area (Å²) in [6, 6.07) is 0. The lowest BCUT2D eigenvalue weighted by Gasteiger charge is -2.44. The van der Waals surface area contributed by atoms with E-state index in [0.717, 1.165) is 0 Å². The first-order valence-corrected chi connectivity index (χ1v) is 9.19. The molecule has 156 valence electrons. The Bertz CT molecular complexity index is 495. The van der Waals surface area contributed by atoms with E-state index in [1.54, 1.807) is 6.92 Å². The summed E-state index contributed by atoms with van der Waals surface area (Å²) in [6.07, 6.45) is 4.40. The number of aliphatic hydroxyl groups excluding tert-OH is 2. The lowest BCUT2D eigenvalue weighted by Crippen LogP contribution is -2.55. The van der Waals surface area contributed by atoms with Gasteiger partial charge in [0.15, 0.2) is 0 Å². The van der Waals surface area contributed by atoms with Crippen LogP contribution in [0.4, 0.5) is 0 Å². The van der Waals surface area contributed by atoms with Gasteiger partial charge in [0.1, 0.15) is 0 Å². The van der Waals surface area contributed by atoms with Crippen LogP contribution in [0.2, 0.25) is 0 Å². The van der Waals surface area contributed by atoms with E-state index in [0.29, 0.717) is 6.42 Å². The zero-order valence-corrected chi connectivity index (χ0v) is 15.6. The van der Waals surface area contributed by atoms with Crippen LogP contribution in [0.15, 0.2) is 12.2 Å². The van der Waals surface area contributed by atoms with Gasteiger partial charge in [0.2, 0.25) is 0 Å². The van der Waals surface area contributed by atoms with Crippen LogP contribution in [0.1, 0.15) is 13.3 Å². The highest BCUT2D eigenvalue weighted by molar-refractivity contribution is 5.76. The first kappa shape index (κ1) is 22.2. The topological polar surface area (TPSA) is 135 Å². The van der Waals surface area contributed by atoms with Crippen LogP contribution in [0.5, 0.6) is 0 Å². The van der Waals surface area contributed by atoms with Crippen molar-refractivity contribution in [2.45, 2.75) is 19.3 Å². The van der Waals surface area contributed by atoms with Crippen molar-refractivity contribution in [3.63, 3.8) is 0 Å². The predicted octanol–water partition coefficient (Wildman–Crippen LogP) is -0.403. The van der Waals surface area contributed by atoms with Crippen molar-refractivity contribution in [1.29, 1.82) is 0 Å². The third kappa shape index (κ3) is 4.86. The van der Waals surface area contributed by atoms with Gasteiger partial charge in [0.25, 0.3) is 5.97 Å². The molecule has 0 heterocycles. The summed E-state index contributed by atoms with van der Waals surface area (Å²) in [6.45, 7) is 1.82. The Morgan fingerprint density at radius 2 is 1.59 bits per heavy atom. The maximum Gasteiger partial charge on any atom is 0.310 e. The average Bonchev–Trinajstić information content (AvgIpc) is 3.21. The monoisotopic (exact) mass is 390 g/mol. The summed E-state index contributed by atoms with van der Waals surface area (Å²) in [7, 11) is 0. The van der Waals surface area contributed by atoms with Crippen molar-refractivity contribution in [3.05, 3.63) is 12.2 Å². The van der Waals surface area contributed by atoms with Crippen molar-refractivity contribution < 1.29 is 44.2 Å². The minimum Gasteiger partial charge on any atom is -0.481 e. The van der Waals surface area contributed by atoms with Gasteiger partial charge in [-0.25, -0.2) is 0 Å². The van der Waals surface area contributed by atoms with Gasteiger partial charge in [0, 0.05) is 0 Å². The molecule has 0 radical (unpaired) electrons. The molecule has 27 heavy (non-hydrogen) atoms. The van der Waals surface area contributed by atoms with Gasteiger partial charge in [-0.3, -0.25) is 4.79 Å². The van der Waals surface area contributed by atoms with Crippen molar-refractivity contribution in [1.82, 2.24) is 0 Å². The van der Waals surface area contributed by atoms with Crippen molar-refractivity contribution in [2.75, 3.05) is 52.9 Å². The summed E-state index contributed by atoms with van der Waals surface area (Å²) in [5.74, 6) is -4.32. The first-order chi connectivity index (χ1) is 12.9. The Labute approximate surface area is 158 Å². The smallest absolute Gasteiger partial charge is 0.310 e. The van der Waals surface area contributed by atoms with Crippen molar-refractivity contribution >= 4 is 5.97 Å². The Balaban J connectivity index is 2.10. The molecule has 0 aromatic rings. The molecule has 9 nitrogen and oxygen atoms in total. The Kier molecular flexibility index (Phi) is 8.17. The van der Waals surface area contributed by atoms with E-state index in [1.807, 2.05) is 12.2 Å². The predicted molar refractivity (Wildman–Crippen MR) is 92.6 cm³/mol. The number of carboxylic acids is 1. The molecule has 1 saturated carbocycles. The van der Waals surface area contributed by atoms with E-state index in [2.05, 4.69) is 0 Å². The second kappa shape index (κ2) is 9.92. The number of hydrogen-bond acceptors (Lipinski definition) is 8. The standard InChI is InChI=1S/C18H30O9/c1-17(16(21)22)14-3-2-13(12-14)15(17)18(23,26-10-8-24-6-4-19)27-11-9-25-7-5-20/h2-3,13-15,19-20,23H,4-12H2,1H3,(H,21,22). The second-order valence-corrected chi connectivity index (χ2v) is 6.96. The molecule has 2 aliphatic carbocycles. The summed E-state index contributed by atoms with van der Waals surface area (Å²) >= 11 is 0. The number of rotatable bonds is 14. The maximum absolute atomic E-state index is 12.0. The molecule has 0 aromatic heterocycles. The van der Waals surface area contributed by atoms with Crippen LogP contribution in [0.3, 0.4) is 0 Å². The number of hydrogen-bond donors (Lipinski definition) is 4. The molecule has 0 saturated heterocycles. The van der Waals surface area contributed by atoms with Gasteiger partial charge in [0.05, 0.1) is 64.2 Å². The Morgan fingerprint density at radius 3 is 2.07 bits per heavy atom. The molecule has 1 fully saturated rings. The van der Waals surface area contributed by atoms with Crippen LogP contribution in [-0.4, -0.2) is 85.2 Å². The molecule has 4 unspecified atom stereocenters. The SMILES string of the molecule is CC1(C(=O)O)C2C=CC(C2)C1C(O)(OCCOCCO)OCCOCCO. The largest absolute Gasteiger partial charge is 0.481 e. The molecule has 0 aliphatic heterocycles. The normalized spacial score (nSPS) is 29.6. The van der Waals surface area contributed by atoms with Crippen LogP contribution < -0.4 is 0 Å². The number of carbonyl (C=O) groups is 1. The molecule has 2 bridgehead atoms. The molecule has 0 spiro atoms. The fourth-order valence-electron chi connectivity index (χ4n) is 4.08. The zero-order valence-electron chi connectivity index (χ0n) is 15.6. The van der Waals surface area contributed by atoms with Crippen LogP contribution in [0.25, 0.3) is 0 Å². The van der Waals surface area contributed by atoms with Gasteiger partial charge in [-0.05, 0) is 25.2 Å². The fourth-order valence-corrected chi connectivity index (χ4v) is 4.08. The molecular formula is C18H30O9. The molecule has 2 rings (SSSR count). The van der Waals surface area contributed by atoms with Crippen LogP contribution in [-0.2, 0) is 23.7 Å². The Morgan fingerprint density at radius 1 is 1.04 bits per heavy atom. The summed E-state index contributed by atoms with van der Waals surface area (Å²) in [5.41, 5.74) is -1.23. The third-order valence-corrected chi connectivity index (χ3v) is 5.36. The number of aliphatic carboxylic acids is 1. The Hall–Kier alpha value is -1.07.